The van der Waals surface area contributed by atoms with Gasteiger partial charge < -0.3 is 24.3 Å². The monoisotopic (exact) mass is 575 g/mol. The number of aromatic nitrogens is 1. The maximum Gasteiger partial charge on any atom is 0.257 e. The third-order valence-corrected chi connectivity index (χ3v) is 6.86. The highest BCUT2D eigenvalue weighted by molar-refractivity contribution is 7.13. The van der Waals surface area contributed by atoms with Crippen molar-refractivity contribution in [3.63, 3.8) is 0 Å². The van der Waals surface area contributed by atoms with E-state index in [9.17, 15) is 9.59 Å². The Kier molecular flexibility index (Phi) is 10.7. The highest BCUT2D eigenvalue weighted by atomic mass is 32.1. The molecular weight excluding hydrogens is 542 g/mol. The second-order valence-corrected chi connectivity index (χ2v) is 10.00. The van der Waals surface area contributed by atoms with Crippen molar-refractivity contribution in [1.29, 1.82) is 0 Å². The number of benzene rings is 3. The molecule has 41 heavy (non-hydrogen) atoms. The van der Waals surface area contributed by atoms with Crippen molar-refractivity contribution in [2.45, 2.75) is 19.3 Å². The summed E-state index contributed by atoms with van der Waals surface area (Å²) >= 11 is 1.36. The minimum absolute atomic E-state index is 0.239. The maximum absolute atomic E-state index is 12.9. The van der Waals surface area contributed by atoms with Crippen molar-refractivity contribution in [2.24, 2.45) is 0 Å². The summed E-state index contributed by atoms with van der Waals surface area (Å²) in [6, 6.07) is 18.3. The van der Waals surface area contributed by atoms with Gasteiger partial charge in [0.05, 0.1) is 20.8 Å². The highest BCUT2D eigenvalue weighted by Gasteiger charge is 2.13. The molecule has 3 aromatic carbocycles. The van der Waals surface area contributed by atoms with Gasteiger partial charge >= 0.3 is 0 Å². The first kappa shape index (κ1) is 29.6. The SMILES string of the molecule is COCCCOc1cc(CCc2ccc(NC(=O)c3cc(OC)cc(OC)c3)cc2)cc(C(=O)Nc2nccs2)c1. The minimum Gasteiger partial charge on any atom is -0.497 e. The molecule has 0 saturated heterocycles. The van der Waals surface area contributed by atoms with Crippen LogP contribution in [0.15, 0.2) is 72.2 Å². The van der Waals surface area contributed by atoms with Gasteiger partial charge in [0.15, 0.2) is 5.13 Å². The molecule has 0 spiro atoms. The van der Waals surface area contributed by atoms with Gasteiger partial charge in [-0.25, -0.2) is 4.98 Å². The van der Waals surface area contributed by atoms with Crippen LogP contribution in [0, 0.1) is 0 Å². The van der Waals surface area contributed by atoms with Crippen LogP contribution < -0.4 is 24.8 Å². The van der Waals surface area contributed by atoms with Gasteiger partial charge in [-0.2, -0.15) is 0 Å². The van der Waals surface area contributed by atoms with E-state index in [-0.39, 0.29) is 11.8 Å². The van der Waals surface area contributed by atoms with E-state index < -0.39 is 0 Å². The molecule has 0 unspecified atom stereocenters. The summed E-state index contributed by atoms with van der Waals surface area (Å²) in [6.07, 6.45) is 3.83. The van der Waals surface area contributed by atoms with Gasteiger partial charge in [0.2, 0.25) is 0 Å². The summed E-state index contributed by atoms with van der Waals surface area (Å²) in [7, 11) is 4.74. The average Bonchev–Trinajstić information content (AvgIpc) is 3.51. The standard InChI is InChI=1S/C31H33N3O6S/c1-37-12-4-13-40-28-16-22(15-23(19-28)30(36)34-31-32-11-14-41-31)6-5-21-7-9-25(10-8-21)33-29(35)24-17-26(38-2)20-27(18-24)39-3/h7-11,14-20H,4-6,12-13H2,1-3H3,(H,33,35)(H,32,34,36). The fourth-order valence-electron chi connectivity index (χ4n) is 4.05. The number of anilines is 2. The van der Waals surface area contributed by atoms with Gasteiger partial charge in [-0.15, -0.1) is 11.3 Å². The molecule has 0 fully saturated rings. The number of hydrogen-bond donors (Lipinski definition) is 2. The number of nitrogens with one attached hydrogen (secondary N) is 2. The number of amides is 2. The van der Waals surface area contributed by atoms with Crippen molar-refractivity contribution >= 4 is 34.0 Å². The van der Waals surface area contributed by atoms with Gasteiger partial charge in [-0.05, 0) is 66.4 Å². The van der Waals surface area contributed by atoms with Gasteiger partial charge in [-0.3, -0.25) is 14.9 Å². The minimum atomic E-state index is -0.263. The van der Waals surface area contributed by atoms with E-state index in [0.717, 1.165) is 24.0 Å². The molecule has 4 rings (SSSR count). The van der Waals surface area contributed by atoms with Crippen molar-refractivity contribution < 1.29 is 28.5 Å². The largest absolute Gasteiger partial charge is 0.497 e. The molecule has 4 aromatic rings. The summed E-state index contributed by atoms with van der Waals surface area (Å²) in [5.41, 5.74) is 3.68. The fourth-order valence-corrected chi connectivity index (χ4v) is 4.58. The van der Waals surface area contributed by atoms with E-state index in [0.29, 0.717) is 58.8 Å². The second kappa shape index (κ2) is 14.8. The zero-order valence-corrected chi connectivity index (χ0v) is 24.1. The first-order chi connectivity index (χ1) is 20.0. The third-order valence-electron chi connectivity index (χ3n) is 6.17. The van der Waals surface area contributed by atoms with Gasteiger partial charge in [-0.1, -0.05) is 12.1 Å². The molecule has 10 heteroatoms. The van der Waals surface area contributed by atoms with E-state index in [1.165, 1.54) is 11.3 Å². The normalized spacial score (nSPS) is 10.6. The molecule has 1 heterocycles. The first-order valence-corrected chi connectivity index (χ1v) is 13.9. The molecule has 0 saturated carbocycles. The molecule has 0 aliphatic heterocycles. The lowest BCUT2D eigenvalue weighted by Crippen LogP contribution is -2.13. The summed E-state index contributed by atoms with van der Waals surface area (Å²) in [4.78, 5) is 29.8. The van der Waals surface area contributed by atoms with Crippen LogP contribution in [0.4, 0.5) is 10.8 Å². The van der Waals surface area contributed by atoms with Crippen molar-refractivity contribution in [3.8, 4) is 17.2 Å². The van der Waals surface area contributed by atoms with Crippen molar-refractivity contribution in [2.75, 3.05) is 45.2 Å². The second-order valence-electron chi connectivity index (χ2n) is 9.10. The number of aryl methyl sites for hydroxylation is 2. The van der Waals surface area contributed by atoms with E-state index in [2.05, 4.69) is 15.6 Å². The summed E-state index contributed by atoms with van der Waals surface area (Å²) < 4.78 is 21.5. The Morgan fingerprint density at radius 1 is 0.756 bits per heavy atom. The van der Waals surface area contributed by atoms with Crippen molar-refractivity contribution in [3.05, 3.63) is 94.5 Å². The number of rotatable bonds is 14. The number of methoxy groups -OCH3 is 3. The zero-order valence-electron chi connectivity index (χ0n) is 23.3. The van der Waals surface area contributed by atoms with Gasteiger partial charge in [0, 0.05) is 54.6 Å². The van der Waals surface area contributed by atoms with Crippen LogP contribution >= 0.6 is 11.3 Å². The van der Waals surface area contributed by atoms with E-state index in [1.807, 2.05) is 41.8 Å². The number of carbonyl (C=O) groups is 2. The molecule has 9 nitrogen and oxygen atoms in total. The predicted octanol–water partition coefficient (Wildman–Crippen LogP) is 5.87. The van der Waals surface area contributed by atoms with Gasteiger partial charge in [0.1, 0.15) is 17.2 Å². The third kappa shape index (κ3) is 8.79. The molecule has 0 atom stereocenters. The van der Waals surface area contributed by atoms with Crippen LogP contribution in [0.3, 0.4) is 0 Å². The maximum atomic E-state index is 12.9. The quantitative estimate of drug-likeness (QED) is 0.181. The summed E-state index contributed by atoms with van der Waals surface area (Å²) in [6.45, 7) is 1.09. The Morgan fingerprint density at radius 2 is 1.41 bits per heavy atom. The molecule has 0 radical (unpaired) electrons. The highest BCUT2D eigenvalue weighted by Crippen LogP contribution is 2.24. The predicted molar refractivity (Wildman–Crippen MR) is 160 cm³/mol. The number of hydrogen-bond acceptors (Lipinski definition) is 8. The van der Waals surface area contributed by atoms with Crippen LogP contribution in [-0.2, 0) is 17.6 Å². The molecule has 214 valence electrons. The Morgan fingerprint density at radius 3 is 2.07 bits per heavy atom. The zero-order chi connectivity index (χ0) is 29.0. The van der Waals surface area contributed by atoms with Crippen LogP contribution in [-0.4, -0.2) is 51.3 Å². The molecule has 0 aliphatic carbocycles. The van der Waals surface area contributed by atoms with E-state index in [1.54, 1.807) is 51.8 Å². The Hall–Kier alpha value is -4.41. The Labute approximate surface area is 243 Å². The van der Waals surface area contributed by atoms with Crippen molar-refractivity contribution in [1.82, 2.24) is 4.98 Å². The molecule has 0 aliphatic rings. The fraction of sp³-hybridized carbons (Fsp3) is 0.258. The van der Waals surface area contributed by atoms with Crippen LogP contribution in [0.5, 0.6) is 17.2 Å². The Bertz CT molecular complexity index is 1420. The lowest BCUT2D eigenvalue weighted by molar-refractivity contribution is 0.101. The number of thiazole rings is 1. The molecule has 1 aromatic heterocycles. The summed E-state index contributed by atoms with van der Waals surface area (Å²) in [5.74, 6) is 1.21. The Balaban J connectivity index is 1.41. The van der Waals surface area contributed by atoms with Crippen LogP contribution in [0.2, 0.25) is 0 Å². The topological polar surface area (TPSA) is 108 Å². The number of ether oxygens (including phenoxy) is 4. The molecule has 2 N–H and O–H groups in total. The number of carbonyl (C=O) groups excluding carboxylic acids is 2. The molecule has 2 amide bonds. The van der Waals surface area contributed by atoms with Crippen LogP contribution in [0.1, 0.15) is 38.3 Å². The average molecular weight is 576 g/mol. The van der Waals surface area contributed by atoms with E-state index in [4.69, 9.17) is 18.9 Å². The molecular formula is C31H33N3O6S. The van der Waals surface area contributed by atoms with Crippen LogP contribution in [0.25, 0.3) is 0 Å². The smallest absolute Gasteiger partial charge is 0.257 e. The lowest BCUT2D eigenvalue weighted by Gasteiger charge is -2.12. The lowest BCUT2D eigenvalue weighted by atomic mass is 10.0. The first-order valence-electron chi connectivity index (χ1n) is 13.1. The van der Waals surface area contributed by atoms with E-state index >= 15 is 0 Å². The van der Waals surface area contributed by atoms with Gasteiger partial charge in [0.25, 0.3) is 11.8 Å². The molecule has 0 bridgehead atoms. The summed E-state index contributed by atoms with van der Waals surface area (Å²) in [5, 5.41) is 8.10. The number of nitrogens with zero attached hydrogens (tertiary/aromatic N) is 1.